The van der Waals surface area contributed by atoms with E-state index in [1.807, 2.05) is 0 Å². The molecule has 8 heteroatoms. The first-order valence-corrected chi connectivity index (χ1v) is 5.55. The standard InChI is InChI=1S/C10H6FN3O3S/c11-7-3-1-2-6(4-7)9(15)13-10-12-5-8(18-10)14(16)17/h1-5H,(H,12,13,15). The summed E-state index contributed by atoms with van der Waals surface area (Å²) in [4.78, 5) is 25.2. The minimum Gasteiger partial charge on any atom is -0.298 e. The maximum atomic E-state index is 12.9. The Hall–Kier alpha value is -2.35. The Morgan fingerprint density at radius 3 is 2.89 bits per heavy atom. The second kappa shape index (κ2) is 4.88. The van der Waals surface area contributed by atoms with Crippen molar-refractivity contribution in [3.63, 3.8) is 0 Å². The molecule has 0 radical (unpaired) electrons. The van der Waals surface area contributed by atoms with Crippen LogP contribution in [0.3, 0.4) is 0 Å². The highest BCUT2D eigenvalue weighted by Crippen LogP contribution is 2.25. The van der Waals surface area contributed by atoms with Crippen LogP contribution >= 0.6 is 11.3 Å². The van der Waals surface area contributed by atoms with E-state index in [0.717, 1.165) is 23.6 Å². The fraction of sp³-hybridized carbons (Fsp3) is 0. The van der Waals surface area contributed by atoms with Crippen LogP contribution in [-0.2, 0) is 0 Å². The largest absolute Gasteiger partial charge is 0.345 e. The van der Waals surface area contributed by atoms with Crippen LogP contribution in [0.1, 0.15) is 10.4 Å². The predicted molar refractivity (Wildman–Crippen MR) is 63.1 cm³/mol. The maximum Gasteiger partial charge on any atom is 0.345 e. The van der Waals surface area contributed by atoms with Crippen LogP contribution in [0.5, 0.6) is 0 Å². The molecule has 1 amide bonds. The molecule has 2 aromatic rings. The van der Waals surface area contributed by atoms with Crippen LogP contribution in [0.15, 0.2) is 30.5 Å². The van der Waals surface area contributed by atoms with E-state index in [9.17, 15) is 19.3 Å². The van der Waals surface area contributed by atoms with E-state index in [-0.39, 0.29) is 15.7 Å². The van der Waals surface area contributed by atoms with E-state index in [1.165, 1.54) is 18.2 Å². The lowest BCUT2D eigenvalue weighted by Gasteiger charge is -2.00. The van der Waals surface area contributed by atoms with E-state index in [0.29, 0.717) is 0 Å². The van der Waals surface area contributed by atoms with Crippen LogP contribution in [-0.4, -0.2) is 15.8 Å². The number of benzene rings is 1. The molecule has 0 spiro atoms. The Labute approximate surface area is 104 Å². The van der Waals surface area contributed by atoms with Crippen LogP contribution in [0, 0.1) is 15.9 Å². The van der Waals surface area contributed by atoms with Crippen molar-refractivity contribution < 1.29 is 14.1 Å². The van der Waals surface area contributed by atoms with Gasteiger partial charge in [-0.25, -0.2) is 9.37 Å². The third-order valence-electron chi connectivity index (χ3n) is 1.98. The van der Waals surface area contributed by atoms with E-state index >= 15 is 0 Å². The molecule has 1 N–H and O–H groups in total. The van der Waals surface area contributed by atoms with Crippen molar-refractivity contribution in [2.24, 2.45) is 0 Å². The number of carbonyl (C=O) groups is 1. The van der Waals surface area contributed by atoms with Crippen molar-refractivity contribution in [1.29, 1.82) is 0 Å². The highest BCUT2D eigenvalue weighted by molar-refractivity contribution is 7.18. The van der Waals surface area contributed by atoms with Crippen molar-refractivity contribution in [3.05, 3.63) is 52.0 Å². The number of amides is 1. The molecule has 0 atom stereocenters. The Bertz CT molecular complexity index is 614. The van der Waals surface area contributed by atoms with E-state index in [4.69, 9.17) is 0 Å². The normalized spacial score (nSPS) is 10.1. The van der Waals surface area contributed by atoms with Gasteiger partial charge in [-0.05, 0) is 29.5 Å². The summed E-state index contributed by atoms with van der Waals surface area (Å²) in [7, 11) is 0. The number of anilines is 1. The molecule has 0 unspecified atom stereocenters. The summed E-state index contributed by atoms with van der Waals surface area (Å²) in [6.07, 6.45) is 1.05. The lowest BCUT2D eigenvalue weighted by Crippen LogP contribution is -2.11. The molecule has 0 bridgehead atoms. The van der Waals surface area contributed by atoms with Gasteiger partial charge in [0.1, 0.15) is 12.0 Å². The van der Waals surface area contributed by atoms with Gasteiger partial charge in [-0.1, -0.05) is 6.07 Å². The molecule has 1 aromatic heterocycles. The molecule has 18 heavy (non-hydrogen) atoms. The SMILES string of the molecule is O=C(Nc1ncc([N+](=O)[O-])s1)c1cccc(F)c1. The average molecular weight is 267 g/mol. The van der Waals surface area contributed by atoms with Gasteiger partial charge in [-0.2, -0.15) is 0 Å². The van der Waals surface area contributed by atoms with Gasteiger partial charge in [0.05, 0.1) is 4.92 Å². The van der Waals surface area contributed by atoms with Gasteiger partial charge >= 0.3 is 5.00 Å². The number of halogens is 1. The van der Waals surface area contributed by atoms with Crippen LogP contribution in [0.4, 0.5) is 14.5 Å². The molecule has 1 heterocycles. The molecule has 92 valence electrons. The monoisotopic (exact) mass is 267 g/mol. The summed E-state index contributed by atoms with van der Waals surface area (Å²) < 4.78 is 12.9. The minimum atomic E-state index is -0.602. The molecule has 6 nitrogen and oxygen atoms in total. The predicted octanol–water partition coefficient (Wildman–Crippen LogP) is 2.44. The average Bonchev–Trinajstić information content (AvgIpc) is 2.77. The Morgan fingerprint density at radius 1 is 1.50 bits per heavy atom. The molecular weight excluding hydrogens is 261 g/mol. The number of hydrogen-bond donors (Lipinski definition) is 1. The summed E-state index contributed by atoms with van der Waals surface area (Å²) >= 11 is 0.732. The van der Waals surface area contributed by atoms with Crippen LogP contribution in [0.2, 0.25) is 0 Å². The van der Waals surface area contributed by atoms with Crippen molar-refractivity contribution in [2.75, 3.05) is 5.32 Å². The lowest BCUT2D eigenvalue weighted by atomic mass is 10.2. The van der Waals surface area contributed by atoms with Crippen LogP contribution < -0.4 is 5.32 Å². The summed E-state index contributed by atoms with van der Waals surface area (Å²) in [5.41, 5.74) is 0.118. The Kier molecular flexibility index (Phi) is 3.28. The molecule has 0 aliphatic rings. The van der Waals surface area contributed by atoms with Gasteiger partial charge in [0.25, 0.3) is 5.91 Å². The van der Waals surface area contributed by atoms with E-state index in [2.05, 4.69) is 10.3 Å². The highest BCUT2D eigenvalue weighted by Gasteiger charge is 2.14. The van der Waals surface area contributed by atoms with Crippen molar-refractivity contribution in [2.45, 2.75) is 0 Å². The quantitative estimate of drug-likeness (QED) is 0.683. The third-order valence-corrected chi connectivity index (χ3v) is 2.85. The number of aromatic nitrogens is 1. The number of carbonyl (C=O) groups excluding carboxylic acids is 1. The Morgan fingerprint density at radius 2 is 2.28 bits per heavy atom. The van der Waals surface area contributed by atoms with Crippen molar-refractivity contribution in [3.8, 4) is 0 Å². The van der Waals surface area contributed by atoms with Gasteiger partial charge in [-0.3, -0.25) is 20.2 Å². The molecule has 0 saturated heterocycles. The number of nitro groups is 1. The second-order valence-corrected chi connectivity index (χ2v) is 4.23. The second-order valence-electron chi connectivity index (χ2n) is 3.23. The first-order chi connectivity index (χ1) is 8.56. The fourth-order valence-corrected chi connectivity index (χ4v) is 1.83. The lowest BCUT2D eigenvalue weighted by molar-refractivity contribution is -0.380. The van der Waals surface area contributed by atoms with Gasteiger partial charge in [0.2, 0.25) is 0 Å². The molecule has 1 aromatic carbocycles. The molecule has 0 fully saturated rings. The molecule has 0 aliphatic carbocycles. The van der Waals surface area contributed by atoms with Gasteiger partial charge in [0.15, 0.2) is 5.13 Å². The van der Waals surface area contributed by atoms with Gasteiger partial charge < -0.3 is 0 Å². The maximum absolute atomic E-state index is 12.9. The zero-order valence-electron chi connectivity index (χ0n) is 8.79. The summed E-state index contributed by atoms with van der Waals surface area (Å²) in [5, 5.41) is 12.7. The summed E-state index contributed by atoms with van der Waals surface area (Å²) in [6, 6.07) is 5.11. The summed E-state index contributed by atoms with van der Waals surface area (Å²) in [6.45, 7) is 0. The molecule has 0 saturated carbocycles. The number of thiazole rings is 1. The first kappa shape index (κ1) is 12.1. The highest BCUT2D eigenvalue weighted by atomic mass is 32.1. The summed E-state index contributed by atoms with van der Waals surface area (Å²) in [5.74, 6) is -1.11. The van der Waals surface area contributed by atoms with Gasteiger partial charge in [0, 0.05) is 5.56 Å². The first-order valence-electron chi connectivity index (χ1n) is 4.73. The number of rotatable bonds is 3. The molecular formula is C10H6FN3O3S. The zero-order valence-corrected chi connectivity index (χ0v) is 9.61. The number of nitrogens with one attached hydrogen (secondary N) is 1. The fourth-order valence-electron chi connectivity index (χ4n) is 1.21. The minimum absolute atomic E-state index is 0.0935. The number of nitrogens with zero attached hydrogens (tertiary/aromatic N) is 2. The van der Waals surface area contributed by atoms with E-state index < -0.39 is 16.6 Å². The van der Waals surface area contributed by atoms with Crippen LogP contribution in [0.25, 0.3) is 0 Å². The zero-order chi connectivity index (χ0) is 13.1. The van der Waals surface area contributed by atoms with Crippen molar-refractivity contribution in [1.82, 2.24) is 4.98 Å². The van der Waals surface area contributed by atoms with E-state index in [1.54, 1.807) is 0 Å². The molecule has 0 aliphatic heterocycles. The topological polar surface area (TPSA) is 85.1 Å². The van der Waals surface area contributed by atoms with Gasteiger partial charge in [-0.15, -0.1) is 0 Å². The smallest absolute Gasteiger partial charge is 0.298 e. The Balaban J connectivity index is 2.13. The third kappa shape index (κ3) is 2.66. The molecule has 2 rings (SSSR count). The number of hydrogen-bond acceptors (Lipinski definition) is 5. The van der Waals surface area contributed by atoms with Crippen molar-refractivity contribution >= 4 is 27.4 Å².